The van der Waals surface area contributed by atoms with E-state index in [1.54, 1.807) is 50.6 Å². The molecule has 16 heteroatoms. The van der Waals surface area contributed by atoms with Gasteiger partial charge in [0.05, 0.1) is 40.9 Å². The van der Waals surface area contributed by atoms with E-state index in [9.17, 15) is 14.4 Å². The lowest BCUT2D eigenvalue weighted by Crippen LogP contribution is -2.54. The second kappa shape index (κ2) is 19.7. The molecule has 5 aromatic rings. The summed E-state index contributed by atoms with van der Waals surface area (Å²) in [6, 6.07) is 14.8. The SMILES string of the molecule is C/C(=N\O)c1cccc(/C(C)=N/OCC(=O)O[C@@H]2CC[C@@]3(C)[C@H](CC[C@@H]4[C@@H]3CC[C@]3(C)[C@@H]([C@H](C)CCC(=O)NCc5cn(CC(=O)Nc6cc7cccnc7c7ncccc67)nn5)CC[C@@H]43)C2)n1. The molecule has 1 aromatic carbocycles. The Kier molecular flexibility index (Phi) is 13.6. The Hall–Kier alpha value is -6.32. The fourth-order valence-corrected chi connectivity index (χ4v) is 13.2. The summed E-state index contributed by atoms with van der Waals surface area (Å²) < 4.78 is 7.47. The summed E-state index contributed by atoms with van der Waals surface area (Å²) in [6.45, 7) is 10.8. The minimum atomic E-state index is -0.405. The third-order valence-electron chi connectivity index (χ3n) is 16.6. The molecule has 16 nitrogen and oxygen atoms in total. The van der Waals surface area contributed by atoms with Gasteiger partial charge < -0.3 is 25.4 Å². The van der Waals surface area contributed by atoms with Gasteiger partial charge in [-0.15, -0.1) is 5.10 Å². The largest absolute Gasteiger partial charge is 0.460 e. The highest BCUT2D eigenvalue weighted by atomic mass is 16.7. The molecule has 2 amide bonds. The highest BCUT2D eigenvalue weighted by Crippen LogP contribution is 2.68. The summed E-state index contributed by atoms with van der Waals surface area (Å²) in [5, 5.41) is 32.5. The van der Waals surface area contributed by atoms with Crippen molar-refractivity contribution < 1.29 is 29.2 Å². The van der Waals surface area contributed by atoms with Crippen LogP contribution in [0.2, 0.25) is 0 Å². The van der Waals surface area contributed by atoms with Crippen molar-refractivity contribution >= 4 is 56.7 Å². The van der Waals surface area contributed by atoms with E-state index < -0.39 is 5.97 Å². The summed E-state index contributed by atoms with van der Waals surface area (Å²) in [7, 11) is 0. The number of esters is 1. The average molecular weight is 925 g/mol. The Morgan fingerprint density at radius 3 is 2.49 bits per heavy atom. The van der Waals surface area contributed by atoms with Crippen LogP contribution in [0.25, 0.3) is 21.8 Å². The zero-order valence-electron chi connectivity index (χ0n) is 39.9. The molecular weight excluding hydrogens is 861 g/mol. The van der Waals surface area contributed by atoms with Crippen molar-refractivity contribution in [3.63, 3.8) is 0 Å². The van der Waals surface area contributed by atoms with Gasteiger partial charge in [-0.3, -0.25) is 19.6 Å². The van der Waals surface area contributed by atoms with Crippen LogP contribution in [0.4, 0.5) is 5.69 Å². The number of oxime groups is 2. The molecule has 4 fully saturated rings. The molecule has 358 valence electrons. The number of rotatable bonds is 15. The molecular formula is C52H64N10O6. The Balaban J connectivity index is 0.711. The molecule has 0 unspecified atom stereocenters. The zero-order valence-corrected chi connectivity index (χ0v) is 39.9. The van der Waals surface area contributed by atoms with Gasteiger partial charge in [0.2, 0.25) is 18.4 Å². The molecule has 0 saturated heterocycles. The van der Waals surface area contributed by atoms with Crippen LogP contribution in [-0.2, 0) is 37.0 Å². The van der Waals surface area contributed by atoms with Crippen molar-refractivity contribution in [2.75, 3.05) is 11.9 Å². The lowest BCUT2D eigenvalue weighted by atomic mass is 9.44. The van der Waals surface area contributed by atoms with E-state index >= 15 is 0 Å². The maximum atomic E-state index is 13.2. The molecule has 68 heavy (non-hydrogen) atoms. The first-order valence-corrected chi connectivity index (χ1v) is 24.4. The average Bonchev–Trinajstić information content (AvgIpc) is 3.95. The van der Waals surface area contributed by atoms with Crippen molar-refractivity contribution in [1.29, 1.82) is 0 Å². The van der Waals surface area contributed by atoms with Gasteiger partial charge in [-0.05, 0) is 161 Å². The number of nitrogens with one attached hydrogen (secondary N) is 2. The molecule has 4 heterocycles. The summed E-state index contributed by atoms with van der Waals surface area (Å²) in [5.41, 5.74) is 5.26. The van der Waals surface area contributed by atoms with E-state index in [4.69, 9.17) is 14.8 Å². The molecule has 0 radical (unpaired) electrons. The third kappa shape index (κ3) is 9.55. The molecule has 9 atom stereocenters. The lowest BCUT2D eigenvalue weighted by Gasteiger charge is -2.61. The molecule has 0 spiro atoms. The van der Waals surface area contributed by atoms with Crippen LogP contribution in [0, 0.1) is 46.3 Å². The quantitative estimate of drug-likeness (QED) is 0.0298. The number of ether oxygens (including phenoxy) is 1. The van der Waals surface area contributed by atoms with Gasteiger partial charge >= 0.3 is 5.97 Å². The number of hydrogen-bond donors (Lipinski definition) is 3. The van der Waals surface area contributed by atoms with Gasteiger partial charge in [-0.1, -0.05) is 48.4 Å². The molecule has 4 aliphatic rings. The monoisotopic (exact) mass is 925 g/mol. The molecule has 4 aromatic heterocycles. The van der Waals surface area contributed by atoms with Gasteiger partial charge in [0.15, 0.2) is 0 Å². The molecule has 0 bridgehead atoms. The van der Waals surface area contributed by atoms with Crippen LogP contribution < -0.4 is 10.6 Å². The lowest BCUT2D eigenvalue weighted by molar-refractivity contribution is -0.167. The first-order valence-electron chi connectivity index (χ1n) is 24.4. The minimum absolute atomic E-state index is 0.00299. The zero-order chi connectivity index (χ0) is 47.6. The van der Waals surface area contributed by atoms with E-state index in [1.807, 2.05) is 30.3 Å². The van der Waals surface area contributed by atoms with Crippen LogP contribution in [0.3, 0.4) is 0 Å². The van der Waals surface area contributed by atoms with Crippen molar-refractivity contribution in [2.45, 2.75) is 124 Å². The standard InChI is InChI=1S/C52H64N10O6/c1-31(13-18-46(63)55-27-36-28-62(61-58-36)29-47(64)57-45-25-34-9-7-23-53-49(34)50-39(45)10-8-24-54-50)40-16-17-41-38-15-14-35-26-37(19-21-51(35,4)42(38)20-22-52(40,41)5)68-48(65)30-67-60-33(3)44-12-6-11-43(56-44)32(2)59-66/h6-12,23-25,28,31,35,37-38,40-42,66H,13-22,26-27,29-30H2,1-5H3,(H,55,63)(H,57,64)/b59-32+,60-33+/t31-,35-,37-,38+,40-,41+,42+,51+,52-/m1/s1. The van der Waals surface area contributed by atoms with Crippen molar-refractivity contribution in [3.05, 3.63) is 84.2 Å². The van der Waals surface area contributed by atoms with Crippen LogP contribution in [-0.4, -0.2) is 77.1 Å². The maximum Gasteiger partial charge on any atom is 0.347 e. The van der Waals surface area contributed by atoms with E-state index in [-0.39, 0.29) is 48.4 Å². The summed E-state index contributed by atoms with van der Waals surface area (Å²) in [6.07, 6.45) is 16.5. The predicted octanol–water partition coefficient (Wildman–Crippen LogP) is 8.65. The fraction of sp³-hybridized carbons (Fsp3) is 0.538. The minimum Gasteiger partial charge on any atom is -0.460 e. The number of pyridine rings is 3. The number of amides is 2. The summed E-state index contributed by atoms with van der Waals surface area (Å²) in [5.74, 6) is 3.01. The van der Waals surface area contributed by atoms with E-state index in [2.05, 4.69) is 67.0 Å². The van der Waals surface area contributed by atoms with Crippen molar-refractivity contribution in [2.24, 2.45) is 56.6 Å². The van der Waals surface area contributed by atoms with Gasteiger partial charge in [-0.25, -0.2) is 14.5 Å². The van der Waals surface area contributed by atoms with Crippen molar-refractivity contribution in [1.82, 2.24) is 35.3 Å². The summed E-state index contributed by atoms with van der Waals surface area (Å²) in [4.78, 5) is 58.1. The van der Waals surface area contributed by atoms with Gasteiger partial charge in [-0.2, -0.15) is 0 Å². The first-order chi connectivity index (χ1) is 32.8. The molecule has 9 rings (SSSR count). The molecule has 0 aliphatic heterocycles. The van der Waals surface area contributed by atoms with E-state index in [0.717, 1.165) is 47.5 Å². The van der Waals surface area contributed by atoms with Crippen LogP contribution in [0.5, 0.6) is 0 Å². The normalized spacial score (nSPS) is 27.4. The summed E-state index contributed by atoms with van der Waals surface area (Å²) >= 11 is 0. The second-order valence-corrected chi connectivity index (χ2v) is 20.5. The first kappa shape index (κ1) is 46.8. The number of hydrogen-bond acceptors (Lipinski definition) is 13. The fourth-order valence-electron chi connectivity index (χ4n) is 13.2. The number of benzene rings is 1. The number of fused-ring (bicyclic) bond motifs is 8. The number of anilines is 1. The number of carbonyl (C=O) groups is 3. The molecule has 4 saturated carbocycles. The second-order valence-electron chi connectivity index (χ2n) is 20.5. The smallest absolute Gasteiger partial charge is 0.347 e. The highest BCUT2D eigenvalue weighted by Gasteiger charge is 2.60. The predicted molar refractivity (Wildman–Crippen MR) is 257 cm³/mol. The maximum absolute atomic E-state index is 13.2. The van der Waals surface area contributed by atoms with Crippen LogP contribution >= 0.6 is 0 Å². The van der Waals surface area contributed by atoms with E-state index in [1.165, 1.54) is 43.2 Å². The third-order valence-corrected chi connectivity index (χ3v) is 16.6. The number of nitrogens with zero attached hydrogens (tertiary/aromatic N) is 8. The Morgan fingerprint density at radius 2 is 1.66 bits per heavy atom. The van der Waals surface area contributed by atoms with Gasteiger partial charge in [0.1, 0.15) is 29.8 Å². The van der Waals surface area contributed by atoms with Crippen molar-refractivity contribution in [3.8, 4) is 0 Å². The van der Waals surface area contributed by atoms with Crippen LogP contribution in [0.15, 0.2) is 77.4 Å². The van der Waals surface area contributed by atoms with Gasteiger partial charge in [0.25, 0.3) is 0 Å². The van der Waals surface area contributed by atoms with Crippen LogP contribution in [0.1, 0.15) is 122 Å². The number of carbonyl (C=O) groups excluding carboxylic acids is 3. The Labute approximate surface area is 397 Å². The van der Waals surface area contributed by atoms with Gasteiger partial charge in [0, 0.05) is 29.6 Å². The number of aromatic nitrogens is 6. The topological polar surface area (TPSA) is 208 Å². The Bertz CT molecular complexity index is 2740. The van der Waals surface area contributed by atoms with E-state index in [0.29, 0.717) is 76.1 Å². The highest BCUT2D eigenvalue weighted by molar-refractivity contribution is 6.12. The molecule has 4 aliphatic carbocycles. The Morgan fingerprint density at radius 1 is 0.897 bits per heavy atom. The molecule has 3 N–H and O–H groups in total.